The summed E-state index contributed by atoms with van der Waals surface area (Å²) in [6.07, 6.45) is 5.83. The van der Waals surface area contributed by atoms with Gasteiger partial charge in [-0.3, -0.25) is 4.68 Å². The van der Waals surface area contributed by atoms with Crippen molar-refractivity contribution < 1.29 is 5.11 Å². The van der Waals surface area contributed by atoms with E-state index in [-0.39, 0.29) is 0 Å². The summed E-state index contributed by atoms with van der Waals surface area (Å²) in [5.41, 5.74) is 2.80. The minimum absolute atomic E-state index is 0.302. The number of nitrogens with one attached hydrogen (secondary N) is 1. The molecule has 0 saturated heterocycles. The van der Waals surface area contributed by atoms with Gasteiger partial charge in [-0.05, 0) is 36.8 Å². The van der Waals surface area contributed by atoms with E-state index in [2.05, 4.69) is 15.4 Å². The van der Waals surface area contributed by atoms with Crippen LogP contribution in [0.3, 0.4) is 0 Å². The SMILES string of the molecule is Cn1ccc(-c2cnc(Cl)cc2NCC2CC(CO)C2)n1. The molecule has 1 fully saturated rings. The third kappa shape index (κ3) is 3.19. The second-order valence-electron chi connectivity index (χ2n) is 5.69. The largest absolute Gasteiger partial charge is 0.396 e. The Labute approximate surface area is 129 Å². The summed E-state index contributed by atoms with van der Waals surface area (Å²) >= 11 is 6.01. The average molecular weight is 307 g/mol. The number of hydrogen-bond donors (Lipinski definition) is 2. The fourth-order valence-electron chi connectivity index (χ4n) is 2.78. The second kappa shape index (κ2) is 6.03. The standard InChI is InChI=1S/C15H19ClN4O/c1-20-3-2-13(19-20)12-8-18-15(16)6-14(12)17-7-10-4-11(5-10)9-21/h2-3,6,8,10-11,21H,4-5,7,9H2,1H3,(H,17,18). The van der Waals surface area contributed by atoms with Gasteiger partial charge in [-0.15, -0.1) is 0 Å². The van der Waals surface area contributed by atoms with E-state index in [9.17, 15) is 0 Å². The lowest BCUT2D eigenvalue weighted by Gasteiger charge is -2.34. The molecule has 2 heterocycles. The third-order valence-electron chi connectivity index (χ3n) is 4.03. The van der Waals surface area contributed by atoms with Crippen LogP contribution in [-0.2, 0) is 7.05 Å². The van der Waals surface area contributed by atoms with E-state index in [1.54, 1.807) is 10.9 Å². The second-order valence-corrected chi connectivity index (χ2v) is 6.08. The minimum Gasteiger partial charge on any atom is -0.396 e. The molecule has 112 valence electrons. The fourth-order valence-corrected chi connectivity index (χ4v) is 2.94. The van der Waals surface area contributed by atoms with E-state index in [0.29, 0.717) is 23.6 Å². The Morgan fingerprint density at radius 2 is 2.24 bits per heavy atom. The summed E-state index contributed by atoms with van der Waals surface area (Å²) in [6.45, 7) is 1.19. The van der Waals surface area contributed by atoms with Gasteiger partial charge in [0.25, 0.3) is 0 Å². The van der Waals surface area contributed by atoms with Crippen LogP contribution >= 0.6 is 11.6 Å². The van der Waals surface area contributed by atoms with Gasteiger partial charge >= 0.3 is 0 Å². The van der Waals surface area contributed by atoms with Crippen molar-refractivity contribution in [2.24, 2.45) is 18.9 Å². The number of aliphatic hydroxyl groups is 1. The lowest BCUT2D eigenvalue weighted by atomic mass is 9.75. The molecule has 0 amide bonds. The van der Waals surface area contributed by atoms with Gasteiger partial charge < -0.3 is 10.4 Å². The van der Waals surface area contributed by atoms with Crippen molar-refractivity contribution >= 4 is 17.3 Å². The van der Waals surface area contributed by atoms with E-state index in [4.69, 9.17) is 16.7 Å². The summed E-state index contributed by atoms with van der Waals surface area (Å²) in [6, 6.07) is 3.80. The summed E-state index contributed by atoms with van der Waals surface area (Å²) in [4.78, 5) is 4.16. The van der Waals surface area contributed by atoms with Gasteiger partial charge in [-0.1, -0.05) is 11.6 Å². The van der Waals surface area contributed by atoms with E-state index >= 15 is 0 Å². The number of aromatic nitrogens is 3. The molecule has 0 spiro atoms. The third-order valence-corrected chi connectivity index (χ3v) is 4.24. The molecule has 1 saturated carbocycles. The Balaban J connectivity index is 1.73. The highest BCUT2D eigenvalue weighted by molar-refractivity contribution is 6.29. The van der Waals surface area contributed by atoms with Gasteiger partial charge in [0.15, 0.2) is 0 Å². The van der Waals surface area contributed by atoms with E-state index in [0.717, 1.165) is 36.3 Å². The molecule has 0 unspecified atom stereocenters. The first-order valence-corrected chi connectivity index (χ1v) is 7.54. The Morgan fingerprint density at radius 3 is 2.90 bits per heavy atom. The maximum Gasteiger partial charge on any atom is 0.131 e. The normalized spacial score (nSPS) is 21.1. The van der Waals surface area contributed by atoms with Crippen LogP contribution in [0.2, 0.25) is 5.15 Å². The van der Waals surface area contributed by atoms with Gasteiger partial charge in [0.2, 0.25) is 0 Å². The molecule has 2 N–H and O–H groups in total. The number of nitrogens with zero attached hydrogens (tertiary/aromatic N) is 3. The van der Waals surface area contributed by atoms with Crippen LogP contribution in [-0.4, -0.2) is 33.0 Å². The average Bonchev–Trinajstić information content (AvgIpc) is 2.84. The van der Waals surface area contributed by atoms with Crippen molar-refractivity contribution in [1.82, 2.24) is 14.8 Å². The molecule has 0 atom stereocenters. The van der Waals surface area contributed by atoms with Gasteiger partial charge in [-0.2, -0.15) is 5.10 Å². The van der Waals surface area contributed by atoms with Crippen molar-refractivity contribution in [1.29, 1.82) is 0 Å². The highest BCUT2D eigenvalue weighted by Crippen LogP contribution is 2.34. The Kier molecular flexibility index (Phi) is 4.12. The first kappa shape index (κ1) is 14.4. The molecule has 2 aromatic heterocycles. The molecule has 6 heteroatoms. The first-order chi connectivity index (χ1) is 10.2. The van der Waals surface area contributed by atoms with Gasteiger partial charge in [0.05, 0.1) is 5.69 Å². The van der Waals surface area contributed by atoms with Crippen LogP contribution in [0, 0.1) is 11.8 Å². The molecule has 0 aliphatic heterocycles. The smallest absolute Gasteiger partial charge is 0.131 e. The first-order valence-electron chi connectivity index (χ1n) is 7.16. The van der Waals surface area contributed by atoms with Crippen LogP contribution in [0.15, 0.2) is 24.5 Å². The Morgan fingerprint density at radius 1 is 1.43 bits per heavy atom. The predicted molar refractivity (Wildman–Crippen MR) is 83.2 cm³/mol. The van der Waals surface area contributed by atoms with Crippen LogP contribution in [0.4, 0.5) is 5.69 Å². The van der Waals surface area contributed by atoms with Gasteiger partial charge in [-0.25, -0.2) is 4.98 Å². The van der Waals surface area contributed by atoms with Crippen molar-refractivity contribution in [2.45, 2.75) is 12.8 Å². The van der Waals surface area contributed by atoms with E-state index in [1.807, 2.05) is 25.4 Å². The fraction of sp³-hybridized carbons (Fsp3) is 0.467. The highest BCUT2D eigenvalue weighted by atomic mass is 35.5. The predicted octanol–water partition coefficient (Wildman–Crippen LogP) is 2.57. The number of aliphatic hydroxyl groups excluding tert-OH is 1. The Bertz CT molecular complexity index is 622. The van der Waals surface area contributed by atoms with Gasteiger partial charge in [0, 0.05) is 43.8 Å². The van der Waals surface area contributed by atoms with Crippen molar-refractivity contribution in [2.75, 3.05) is 18.5 Å². The number of pyridine rings is 1. The van der Waals surface area contributed by atoms with E-state index in [1.165, 1.54) is 0 Å². The van der Waals surface area contributed by atoms with Crippen LogP contribution in [0.5, 0.6) is 0 Å². The van der Waals surface area contributed by atoms with Gasteiger partial charge in [0.1, 0.15) is 5.15 Å². The molecule has 5 nitrogen and oxygen atoms in total. The molecule has 1 aliphatic carbocycles. The number of halogens is 1. The maximum atomic E-state index is 9.06. The summed E-state index contributed by atoms with van der Waals surface area (Å²) < 4.78 is 1.77. The van der Waals surface area contributed by atoms with Crippen molar-refractivity contribution in [3.63, 3.8) is 0 Å². The number of aryl methyl sites for hydroxylation is 1. The van der Waals surface area contributed by atoms with Crippen LogP contribution in [0.25, 0.3) is 11.3 Å². The molecular weight excluding hydrogens is 288 g/mol. The summed E-state index contributed by atoms with van der Waals surface area (Å²) in [5.74, 6) is 1.10. The topological polar surface area (TPSA) is 63.0 Å². The zero-order valence-corrected chi connectivity index (χ0v) is 12.7. The molecule has 0 bridgehead atoms. The lowest BCUT2D eigenvalue weighted by Crippen LogP contribution is -2.31. The van der Waals surface area contributed by atoms with Crippen LogP contribution in [0.1, 0.15) is 12.8 Å². The van der Waals surface area contributed by atoms with Crippen molar-refractivity contribution in [3.8, 4) is 11.3 Å². The van der Waals surface area contributed by atoms with Crippen LogP contribution < -0.4 is 5.32 Å². The quantitative estimate of drug-likeness (QED) is 0.833. The lowest BCUT2D eigenvalue weighted by molar-refractivity contribution is 0.114. The molecule has 2 aromatic rings. The number of anilines is 1. The zero-order valence-electron chi connectivity index (χ0n) is 12.0. The molecule has 1 aliphatic rings. The number of rotatable bonds is 5. The summed E-state index contributed by atoms with van der Waals surface area (Å²) in [7, 11) is 1.89. The molecule has 3 rings (SSSR count). The minimum atomic E-state index is 0.302. The Hall–Kier alpha value is -1.59. The van der Waals surface area contributed by atoms with E-state index < -0.39 is 0 Å². The molecule has 0 aromatic carbocycles. The summed E-state index contributed by atoms with van der Waals surface area (Å²) in [5, 5.41) is 17.4. The molecular formula is C15H19ClN4O. The van der Waals surface area contributed by atoms with Crippen molar-refractivity contribution in [3.05, 3.63) is 29.7 Å². The number of hydrogen-bond acceptors (Lipinski definition) is 4. The monoisotopic (exact) mass is 306 g/mol. The molecule has 0 radical (unpaired) electrons. The maximum absolute atomic E-state index is 9.06. The zero-order chi connectivity index (χ0) is 14.8. The molecule has 21 heavy (non-hydrogen) atoms. The highest BCUT2D eigenvalue weighted by Gasteiger charge is 2.28.